The Morgan fingerprint density at radius 3 is 2.73 bits per heavy atom. The molecule has 1 aliphatic heterocycles. The van der Waals surface area contributed by atoms with Crippen molar-refractivity contribution in [1.82, 2.24) is 15.5 Å². The molecule has 0 aromatic carbocycles. The van der Waals surface area contributed by atoms with E-state index < -0.39 is 12.0 Å². The van der Waals surface area contributed by atoms with Gasteiger partial charge in [-0.15, -0.1) is 0 Å². The highest BCUT2D eigenvalue weighted by atomic mass is 19.4. The van der Waals surface area contributed by atoms with Crippen molar-refractivity contribution in [3.63, 3.8) is 0 Å². The summed E-state index contributed by atoms with van der Waals surface area (Å²) in [6.07, 6.45) is -2.83. The van der Waals surface area contributed by atoms with Crippen LogP contribution in [0.5, 0.6) is 0 Å². The Balaban J connectivity index is 2.12. The summed E-state index contributed by atoms with van der Waals surface area (Å²) in [4.78, 5) is 3.36. The van der Waals surface area contributed by atoms with Crippen molar-refractivity contribution >= 4 is 0 Å². The molecule has 2 rings (SSSR count). The summed E-state index contributed by atoms with van der Waals surface area (Å²) in [6.45, 7) is 1.48. The fourth-order valence-corrected chi connectivity index (χ4v) is 1.58. The van der Waals surface area contributed by atoms with Crippen LogP contribution in [0.3, 0.4) is 0 Å². The van der Waals surface area contributed by atoms with Crippen molar-refractivity contribution < 1.29 is 17.7 Å². The van der Waals surface area contributed by atoms with Crippen molar-refractivity contribution in [2.75, 3.05) is 13.1 Å². The van der Waals surface area contributed by atoms with Gasteiger partial charge < -0.3 is 9.84 Å². The Morgan fingerprint density at radius 2 is 2.20 bits per heavy atom. The number of alkyl halides is 3. The maximum absolute atomic E-state index is 12.2. The van der Waals surface area contributed by atoms with Crippen molar-refractivity contribution in [1.29, 1.82) is 0 Å². The molecule has 1 atom stereocenters. The van der Waals surface area contributed by atoms with Gasteiger partial charge in [0.2, 0.25) is 5.89 Å². The second-order valence-corrected chi connectivity index (χ2v) is 3.50. The number of aromatic nitrogens is 2. The van der Waals surface area contributed by atoms with Crippen LogP contribution in [-0.2, 0) is 6.18 Å². The zero-order valence-electron chi connectivity index (χ0n) is 7.84. The predicted molar refractivity (Wildman–Crippen MR) is 44.1 cm³/mol. The summed E-state index contributed by atoms with van der Waals surface area (Å²) in [5.74, 6) is -1.21. The number of piperidine rings is 1. The minimum Gasteiger partial charge on any atom is -0.339 e. The lowest BCUT2D eigenvalue weighted by Crippen LogP contribution is -2.28. The molecule has 1 N–H and O–H groups in total. The molecule has 0 aliphatic carbocycles. The molecule has 1 aliphatic rings. The van der Waals surface area contributed by atoms with Crippen LogP contribution in [0.1, 0.15) is 30.5 Å². The highest BCUT2D eigenvalue weighted by molar-refractivity contribution is 4.98. The standard InChI is InChI=1S/C8H10F3N3O/c9-8(10,11)7-13-6(15-14-7)5-2-1-3-12-4-5/h5,12H,1-4H2/t5-/m1/s1. The largest absolute Gasteiger partial charge is 0.455 e. The van der Waals surface area contributed by atoms with Crippen LogP contribution in [0.2, 0.25) is 0 Å². The lowest BCUT2D eigenvalue weighted by molar-refractivity contribution is -0.146. The topological polar surface area (TPSA) is 51.0 Å². The predicted octanol–water partition coefficient (Wildman–Crippen LogP) is 1.56. The van der Waals surface area contributed by atoms with Crippen LogP contribution in [0.4, 0.5) is 13.2 Å². The molecule has 0 unspecified atom stereocenters. The first-order chi connectivity index (χ1) is 7.07. The fraction of sp³-hybridized carbons (Fsp3) is 0.750. The smallest absolute Gasteiger partial charge is 0.339 e. The second-order valence-electron chi connectivity index (χ2n) is 3.50. The van der Waals surface area contributed by atoms with Gasteiger partial charge in [-0.25, -0.2) is 0 Å². The SMILES string of the molecule is FC(F)(F)c1noc([C@@H]2CCCNC2)n1. The van der Waals surface area contributed by atoms with Crippen LogP contribution in [-0.4, -0.2) is 23.2 Å². The van der Waals surface area contributed by atoms with Crippen LogP contribution >= 0.6 is 0 Å². The van der Waals surface area contributed by atoms with Crippen molar-refractivity contribution in [2.24, 2.45) is 0 Å². The molecule has 4 nitrogen and oxygen atoms in total. The van der Waals surface area contributed by atoms with Gasteiger partial charge in [0, 0.05) is 6.54 Å². The van der Waals surface area contributed by atoms with E-state index in [1.54, 1.807) is 0 Å². The van der Waals surface area contributed by atoms with Gasteiger partial charge in [0.05, 0.1) is 5.92 Å². The third kappa shape index (κ3) is 2.28. The molecule has 1 aromatic heterocycles. The highest BCUT2D eigenvalue weighted by Crippen LogP contribution is 2.29. The molecule has 1 aromatic rings. The maximum atomic E-state index is 12.2. The van der Waals surface area contributed by atoms with Gasteiger partial charge in [-0.1, -0.05) is 5.16 Å². The third-order valence-corrected chi connectivity index (χ3v) is 2.34. The second kappa shape index (κ2) is 3.80. The minimum atomic E-state index is -4.52. The number of hydrogen-bond donors (Lipinski definition) is 1. The number of halogens is 3. The minimum absolute atomic E-state index is 0.0783. The molecule has 15 heavy (non-hydrogen) atoms. The number of hydrogen-bond acceptors (Lipinski definition) is 4. The highest BCUT2D eigenvalue weighted by Gasteiger charge is 2.38. The van der Waals surface area contributed by atoms with Gasteiger partial charge in [0.1, 0.15) is 0 Å². The van der Waals surface area contributed by atoms with E-state index in [0.717, 1.165) is 19.4 Å². The van der Waals surface area contributed by atoms with Gasteiger partial charge in [-0.3, -0.25) is 0 Å². The van der Waals surface area contributed by atoms with Crippen LogP contribution in [0, 0.1) is 0 Å². The van der Waals surface area contributed by atoms with Crippen molar-refractivity contribution in [3.8, 4) is 0 Å². The molecule has 1 saturated heterocycles. The first-order valence-electron chi connectivity index (χ1n) is 4.69. The molecule has 1 fully saturated rings. The van der Waals surface area contributed by atoms with E-state index in [2.05, 4.69) is 20.0 Å². The quantitative estimate of drug-likeness (QED) is 0.781. The molecule has 84 valence electrons. The van der Waals surface area contributed by atoms with Crippen LogP contribution in [0.15, 0.2) is 4.52 Å². The monoisotopic (exact) mass is 221 g/mol. The normalized spacial score (nSPS) is 23.0. The maximum Gasteiger partial charge on any atom is 0.455 e. The van der Waals surface area contributed by atoms with Gasteiger partial charge in [-0.05, 0) is 19.4 Å². The van der Waals surface area contributed by atoms with Gasteiger partial charge in [0.25, 0.3) is 5.82 Å². The van der Waals surface area contributed by atoms with Gasteiger partial charge in [-0.2, -0.15) is 18.2 Å². The average molecular weight is 221 g/mol. The Morgan fingerprint density at radius 1 is 1.40 bits per heavy atom. The summed E-state index contributed by atoms with van der Waals surface area (Å²) in [7, 11) is 0. The number of rotatable bonds is 1. The summed E-state index contributed by atoms with van der Waals surface area (Å²) in [6, 6.07) is 0. The molecule has 0 bridgehead atoms. The van der Waals surface area contributed by atoms with E-state index in [1.165, 1.54) is 0 Å². The van der Waals surface area contributed by atoms with Gasteiger partial charge in [0.15, 0.2) is 0 Å². The molecular weight excluding hydrogens is 211 g/mol. The van der Waals surface area contributed by atoms with Crippen molar-refractivity contribution in [2.45, 2.75) is 24.9 Å². The summed E-state index contributed by atoms with van der Waals surface area (Å²) >= 11 is 0. The third-order valence-electron chi connectivity index (χ3n) is 2.34. The van der Waals surface area contributed by atoms with Crippen LogP contribution in [0.25, 0.3) is 0 Å². The van der Waals surface area contributed by atoms with Gasteiger partial charge >= 0.3 is 6.18 Å². The van der Waals surface area contributed by atoms with Crippen molar-refractivity contribution in [3.05, 3.63) is 11.7 Å². The lowest BCUT2D eigenvalue weighted by atomic mass is 10.00. The number of nitrogens with zero attached hydrogens (tertiary/aromatic N) is 2. The lowest BCUT2D eigenvalue weighted by Gasteiger charge is -2.18. The van der Waals surface area contributed by atoms with E-state index in [-0.39, 0.29) is 11.8 Å². The first-order valence-corrected chi connectivity index (χ1v) is 4.69. The Labute approximate surface area is 83.8 Å². The Bertz CT molecular complexity index is 330. The Hall–Kier alpha value is -1.11. The zero-order valence-corrected chi connectivity index (χ0v) is 7.84. The fourth-order valence-electron chi connectivity index (χ4n) is 1.58. The van der Waals surface area contributed by atoms with E-state index in [1.807, 2.05) is 0 Å². The van der Waals surface area contributed by atoms with E-state index in [4.69, 9.17) is 0 Å². The molecule has 7 heteroatoms. The molecular formula is C8H10F3N3O. The molecule has 0 amide bonds. The molecule has 0 radical (unpaired) electrons. The number of nitrogens with one attached hydrogen (secondary N) is 1. The molecule has 2 heterocycles. The summed E-state index contributed by atoms with van der Waals surface area (Å²) in [5.41, 5.74) is 0. The first kappa shape index (κ1) is 10.4. The summed E-state index contributed by atoms with van der Waals surface area (Å²) in [5, 5.41) is 6.00. The zero-order chi connectivity index (χ0) is 10.9. The molecule has 0 saturated carbocycles. The molecule has 0 spiro atoms. The van der Waals surface area contributed by atoms with E-state index in [9.17, 15) is 13.2 Å². The van der Waals surface area contributed by atoms with E-state index >= 15 is 0 Å². The Kier molecular flexibility index (Phi) is 2.64. The average Bonchev–Trinajstić information content (AvgIpc) is 2.67. The van der Waals surface area contributed by atoms with Crippen LogP contribution < -0.4 is 5.32 Å². The summed E-state index contributed by atoms with van der Waals surface area (Å²) < 4.78 is 41.1. The van der Waals surface area contributed by atoms with E-state index in [0.29, 0.717) is 6.54 Å².